The molecule has 2 aromatic carbocycles. The van der Waals surface area contributed by atoms with Gasteiger partial charge >= 0.3 is 0 Å². The highest BCUT2D eigenvalue weighted by atomic mass is 79.9. The molecule has 1 aliphatic rings. The zero-order chi connectivity index (χ0) is 19.6. The lowest BCUT2D eigenvalue weighted by Gasteiger charge is -2.33. The van der Waals surface area contributed by atoms with Crippen molar-refractivity contribution >= 4 is 22.0 Å². The highest BCUT2D eigenvalue weighted by molar-refractivity contribution is 9.10. The number of ether oxygens (including phenoxy) is 4. The molecule has 0 fully saturated rings. The average Bonchev–Trinajstić information content (AvgIpc) is 2.69. The van der Waals surface area contributed by atoms with E-state index in [1.165, 1.54) is 5.56 Å². The topological polar surface area (TPSA) is 40.2 Å². The molecule has 144 valence electrons. The third-order valence-electron chi connectivity index (χ3n) is 4.89. The highest BCUT2D eigenvalue weighted by Gasteiger charge is 2.25. The molecule has 2 aromatic rings. The quantitative estimate of drug-likeness (QED) is 0.660. The van der Waals surface area contributed by atoms with E-state index in [0.717, 1.165) is 39.3 Å². The molecule has 1 aliphatic heterocycles. The zero-order valence-corrected chi connectivity index (χ0v) is 17.8. The van der Waals surface area contributed by atoms with Gasteiger partial charge in [0.25, 0.3) is 0 Å². The number of nitrogens with zero attached hydrogens (tertiary/aromatic N) is 1. The molecule has 0 aliphatic carbocycles. The van der Waals surface area contributed by atoms with E-state index >= 15 is 0 Å². The van der Waals surface area contributed by atoms with Crippen molar-refractivity contribution in [2.24, 2.45) is 0 Å². The smallest absolute Gasteiger partial charge is 0.161 e. The maximum Gasteiger partial charge on any atom is 0.161 e. The van der Waals surface area contributed by atoms with Gasteiger partial charge in [-0.25, -0.2) is 0 Å². The van der Waals surface area contributed by atoms with Crippen LogP contribution in [0.1, 0.15) is 22.7 Å². The SMILES string of the molecule is COc1cc(Br)c(CC2c3cc(OC)c(OC)cc3C=CN2C)cc1OC. The molecule has 0 saturated heterocycles. The number of fused-ring (bicyclic) bond motifs is 1. The largest absolute Gasteiger partial charge is 0.493 e. The average molecular weight is 434 g/mol. The summed E-state index contributed by atoms with van der Waals surface area (Å²) in [4.78, 5) is 2.21. The minimum absolute atomic E-state index is 0.152. The lowest BCUT2D eigenvalue weighted by atomic mass is 9.91. The summed E-state index contributed by atoms with van der Waals surface area (Å²) in [5, 5.41) is 0. The van der Waals surface area contributed by atoms with E-state index in [0.29, 0.717) is 5.75 Å². The van der Waals surface area contributed by atoms with Crippen LogP contribution in [0, 0.1) is 0 Å². The lowest BCUT2D eigenvalue weighted by molar-refractivity contribution is 0.323. The molecule has 5 nitrogen and oxygen atoms in total. The van der Waals surface area contributed by atoms with E-state index in [2.05, 4.69) is 46.2 Å². The minimum atomic E-state index is 0.152. The van der Waals surface area contributed by atoms with Gasteiger partial charge in [0, 0.05) is 11.5 Å². The van der Waals surface area contributed by atoms with E-state index in [1.54, 1.807) is 28.4 Å². The van der Waals surface area contributed by atoms with Crippen molar-refractivity contribution in [3.63, 3.8) is 0 Å². The third-order valence-corrected chi connectivity index (χ3v) is 5.63. The van der Waals surface area contributed by atoms with Gasteiger partial charge in [-0.3, -0.25) is 0 Å². The number of methoxy groups -OCH3 is 4. The van der Waals surface area contributed by atoms with Crippen molar-refractivity contribution in [1.29, 1.82) is 0 Å². The van der Waals surface area contributed by atoms with Gasteiger partial charge in [0.05, 0.1) is 34.5 Å². The van der Waals surface area contributed by atoms with Crippen LogP contribution >= 0.6 is 15.9 Å². The summed E-state index contributed by atoms with van der Waals surface area (Å²) in [6.07, 6.45) is 4.98. The van der Waals surface area contributed by atoms with Crippen LogP contribution < -0.4 is 18.9 Å². The van der Waals surface area contributed by atoms with Gasteiger partial charge in [-0.2, -0.15) is 0 Å². The van der Waals surface area contributed by atoms with Crippen molar-refractivity contribution in [2.75, 3.05) is 35.5 Å². The molecule has 0 aromatic heterocycles. The van der Waals surface area contributed by atoms with Gasteiger partial charge in [0.1, 0.15) is 0 Å². The molecule has 1 heterocycles. The molecule has 1 unspecified atom stereocenters. The highest BCUT2D eigenvalue weighted by Crippen LogP contribution is 2.41. The van der Waals surface area contributed by atoms with Crippen molar-refractivity contribution < 1.29 is 18.9 Å². The fraction of sp³-hybridized carbons (Fsp3) is 0.333. The summed E-state index contributed by atoms with van der Waals surface area (Å²) in [6.45, 7) is 0. The van der Waals surface area contributed by atoms with Crippen molar-refractivity contribution in [3.8, 4) is 23.0 Å². The Morgan fingerprint density at radius 3 is 2.04 bits per heavy atom. The van der Waals surface area contributed by atoms with E-state index in [9.17, 15) is 0 Å². The first-order valence-corrected chi connectivity index (χ1v) is 9.38. The Bertz CT molecular complexity index is 866. The van der Waals surface area contributed by atoms with E-state index in [4.69, 9.17) is 18.9 Å². The molecular weight excluding hydrogens is 410 g/mol. The maximum atomic E-state index is 5.51. The Hall–Kier alpha value is -2.34. The lowest BCUT2D eigenvalue weighted by Crippen LogP contribution is -2.25. The summed E-state index contributed by atoms with van der Waals surface area (Å²) in [7, 11) is 8.68. The first-order valence-electron chi connectivity index (χ1n) is 8.58. The Morgan fingerprint density at radius 2 is 1.41 bits per heavy atom. The molecule has 0 saturated carbocycles. The van der Waals surface area contributed by atoms with Gasteiger partial charge in [0.15, 0.2) is 23.0 Å². The van der Waals surface area contributed by atoms with Crippen molar-refractivity contribution in [1.82, 2.24) is 4.90 Å². The predicted molar refractivity (Wildman–Crippen MR) is 110 cm³/mol. The van der Waals surface area contributed by atoms with Crippen LogP contribution in [-0.4, -0.2) is 40.4 Å². The van der Waals surface area contributed by atoms with Crippen LogP contribution in [0.5, 0.6) is 23.0 Å². The third kappa shape index (κ3) is 3.72. The summed E-state index contributed by atoms with van der Waals surface area (Å²) in [5.41, 5.74) is 3.47. The Labute approximate surface area is 168 Å². The molecule has 0 radical (unpaired) electrons. The number of halogens is 1. The van der Waals surface area contributed by atoms with E-state index < -0.39 is 0 Å². The van der Waals surface area contributed by atoms with Crippen LogP contribution in [0.4, 0.5) is 0 Å². The normalized spacial score (nSPS) is 15.3. The molecule has 27 heavy (non-hydrogen) atoms. The molecule has 0 spiro atoms. The minimum Gasteiger partial charge on any atom is -0.493 e. The fourth-order valence-electron chi connectivity index (χ4n) is 3.38. The van der Waals surface area contributed by atoms with E-state index in [-0.39, 0.29) is 6.04 Å². The first kappa shape index (κ1) is 19.4. The van der Waals surface area contributed by atoms with Crippen LogP contribution in [0.2, 0.25) is 0 Å². The van der Waals surface area contributed by atoms with Crippen LogP contribution in [-0.2, 0) is 6.42 Å². The molecular formula is C21H24BrNO4. The Kier molecular flexibility index (Phi) is 5.85. The summed E-state index contributed by atoms with van der Waals surface area (Å²) < 4.78 is 22.8. The van der Waals surface area contributed by atoms with Crippen LogP contribution in [0.15, 0.2) is 34.9 Å². The van der Waals surface area contributed by atoms with Crippen LogP contribution in [0.25, 0.3) is 6.08 Å². The molecule has 1 atom stereocenters. The number of hydrogen-bond donors (Lipinski definition) is 0. The molecule has 0 amide bonds. The van der Waals surface area contributed by atoms with Crippen molar-refractivity contribution in [2.45, 2.75) is 12.5 Å². The van der Waals surface area contributed by atoms with Gasteiger partial charge < -0.3 is 23.8 Å². The summed E-state index contributed by atoms with van der Waals surface area (Å²) in [5.74, 6) is 2.89. The van der Waals surface area contributed by atoms with Crippen molar-refractivity contribution in [3.05, 3.63) is 51.6 Å². The number of likely N-dealkylation sites (N-methyl/N-ethyl adjacent to an activating group) is 1. The number of rotatable bonds is 6. The van der Waals surface area contributed by atoms with Crippen LogP contribution in [0.3, 0.4) is 0 Å². The Balaban J connectivity index is 2.02. The summed E-state index contributed by atoms with van der Waals surface area (Å²) >= 11 is 3.67. The second-order valence-electron chi connectivity index (χ2n) is 6.34. The maximum absolute atomic E-state index is 5.51. The second-order valence-corrected chi connectivity index (χ2v) is 7.19. The van der Waals surface area contributed by atoms with Gasteiger partial charge in [-0.15, -0.1) is 0 Å². The molecule has 3 rings (SSSR count). The first-order chi connectivity index (χ1) is 13.0. The summed E-state index contributed by atoms with van der Waals surface area (Å²) in [6, 6.07) is 8.21. The van der Waals surface area contributed by atoms with Gasteiger partial charge in [0.2, 0.25) is 0 Å². The standard InChI is InChI=1S/C21H24BrNO4/c1-23-7-6-13-9-18(24-2)20(26-4)11-15(13)17(23)8-14-10-19(25-3)21(27-5)12-16(14)22/h6-7,9-12,17H,8H2,1-5H3. The number of hydrogen-bond acceptors (Lipinski definition) is 5. The zero-order valence-electron chi connectivity index (χ0n) is 16.2. The monoisotopic (exact) mass is 433 g/mol. The second kappa shape index (κ2) is 8.13. The Morgan fingerprint density at radius 1 is 0.852 bits per heavy atom. The van der Waals surface area contributed by atoms with Gasteiger partial charge in [-0.05, 0) is 59.7 Å². The molecule has 0 bridgehead atoms. The molecule has 6 heteroatoms. The van der Waals surface area contributed by atoms with E-state index in [1.807, 2.05) is 18.2 Å². The predicted octanol–water partition coefficient (Wildman–Crippen LogP) is 4.68. The number of benzene rings is 2. The molecule has 0 N–H and O–H groups in total. The van der Waals surface area contributed by atoms with Gasteiger partial charge in [-0.1, -0.05) is 15.9 Å². The fourth-order valence-corrected chi connectivity index (χ4v) is 3.86.